The zero-order valence-electron chi connectivity index (χ0n) is 12.9. The lowest BCUT2D eigenvalue weighted by Crippen LogP contribution is -2.37. The number of carbonyl (C=O) groups excluding carboxylic acids is 1. The van der Waals surface area contributed by atoms with Crippen molar-refractivity contribution < 1.29 is 14.6 Å². The second kappa shape index (κ2) is 6.74. The number of nitrogens with zero attached hydrogens (tertiary/aromatic N) is 2. The highest BCUT2D eigenvalue weighted by molar-refractivity contribution is 5.68. The molecular weight excluding hydrogens is 258 g/mol. The van der Waals surface area contributed by atoms with Crippen LogP contribution in [0.5, 0.6) is 0 Å². The third-order valence-electron chi connectivity index (χ3n) is 2.99. The molecule has 2 N–H and O–H groups in total. The minimum Gasteiger partial charge on any atom is -0.444 e. The van der Waals surface area contributed by atoms with Crippen molar-refractivity contribution in [2.45, 2.75) is 58.7 Å². The molecule has 1 aromatic rings. The summed E-state index contributed by atoms with van der Waals surface area (Å²) in [6, 6.07) is -0.275. The van der Waals surface area contributed by atoms with Gasteiger partial charge in [-0.3, -0.25) is 0 Å². The van der Waals surface area contributed by atoms with E-state index in [1.165, 1.54) is 0 Å². The van der Waals surface area contributed by atoms with Gasteiger partial charge in [-0.2, -0.15) is 0 Å². The molecule has 0 bridgehead atoms. The van der Waals surface area contributed by atoms with E-state index in [9.17, 15) is 9.90 Å². The quantitative estimate of drug-likeness (QED) is 0.870. The van der Waals surface area contributed by atoms with E-state index in [0.717, 1.165) is 12.1 Å². The van der Waals surface area contributed by atoms with E-state index in [1.807, 2.05) is 4.57 Å². The number of carbonyl (C=O) groups is 1. The topological polar surface area (TPSA) is 76.4 Å². The maximum absolute atomic E-state index is 11.8. The number of rotatable bonds is 5. The summed E-state index contributed by atoms with van der Waals surface area (Å²) in [7, 11) is 0. The standard InChI is InChI=1S/C14H25N3O3/c1-6-10(2)17-9-15-7-12(17)11(8-18)16-13(19)20-14(3,4)5/h7,9-11,18H,6,8H2,1-5H3,(H,16,19). The van der Waals surface area contributed by atoms with Gasteiger partial charge < -0.3 is 19.7 Å². The maximum atomic E-state index is 11.8. The zero-order chi connectivity index (χ0) is 15.3. The van der Waals surface area contributed by atoms with E-state index in [-0.39, 0.29) is 12.6 Å². The van der Waals surface area contributed by atoms with Crippen LogP contribution in [0.15, 0.2) is 12.5 Å². The summed E-state index contributed by atoms with van der Waals surface area (Å²) in [5, 5.41) is 12.2. The van der Waals surface area contributed by atoms with Gasteiger partial charge in [-0.1, -0.05) is 6.92 Å². The highest BCUT2D eigenvalue weighted by Gasteiger charge is 2.23. The molecule has 0 fully saturated rings. The molecule has 1 heterocycles. The summed E-state index contributed by atoms with van der Waals surface area (Å²) >= 11 is 0. The average Bonchev–Trinajstić information content (AvgIpc) is 2.81. The van der Waals surface area contributed by atoms with E-state index in [0.29, 0.717) is 0 Å². The van der Waals surface area contributed by atoms with E-state index >= 15 is 0 Å². The molecule has 20 heavy (non-hydrogen) atoms. The highest BCUT2D eigenvalue weighted by Crippen LogP contribution is 2.19. The number of amides is 1. The first-order valence-electron chi connectivity index (χ1n) is 6.90. The SMILES string of the molecule is CCC(C)n1cncc1C(CO)NC(=O)OC(C)(C)C. The molecule has 6 heteroatoms. The van der Waals surface area contributed by atoms with E-state index in [2.05, 4.69) is 24.1 Å². The minimum atomic E-state index is -0.568. The Balaban J connectivity index is 2.81. The van der Waals surface area contributed by atoms with Gasteiger partial charge in [-0.05, 0) is 34.1 Å². The van der Waals surface area contributed by atoms with Crippen molar-refractivity contribution in [3.8, 4) is 0 Å². The Morgan fingerprint density at radius 2 is 2.20 bits per heavy atom. The molecule has 0 aliphatic heterocycles. The number of alkyl carbamates (subject to hydrolysis) is 1. The predicted molar refractivity (Wildman–Crippen MR) is 76.4 cm³/mol. The molecule has 2 unspecified atom stereocenters. The van der Waals surface area contributed by atoms with Crippen LogP contribution < -0.4 is 5.32 Å². The lowest BCUT2D eigenvalue weighted by Gasteiger charge is -2.24. The molecular formula is C14H25N3O3. The van der Waals surface area contributed by atoms with E-state index in [4.69, 9.17) is 4.74 Å². The molecule has 1 amide bonds. The Hall–Kier alpha value is -1.56. The van der Waals surface area contributed by atoms with E-state index < -0.39 is 17.7 Å². The first-order valence-corrected chi connectivity index (χ1v) is 6.90. The number of hydrogen-bond donors (Lipinski definition) is 2. The molecule has 0 saturated heterocycles. The van der Waals surface area contributed by atoms with Crippen LogP contribution in [0, 0.1) is 0 Å². The van der Waals surface area contributed by atoms with Gasteiger partial charge in [0.1, 0.15) is 5.60 Å². The zero-order valence-corrected chi connectivity index (χ0v) is 12.9. The van der Waals surface area contributed by atoms with Gasteiger partial charge in [0.2, 0.25) is 0 Å². The fourth-order valence-electron chi connectivity index (χ4n) is 1.81. The van der Waals surface area contributed by atoms with Crippen LogP contribution >= 0.6 is 0 Å². The van der Waals surface area contributed by atoms with Crippen molar-refractivity contribution in [3.63, 3.8) is 0 Å². The molecule has 0 spiro atoms. The summed E-state index contributed by atoms with van der Waals surface area (Å²) in [6.07, 6.45) is 3.76. The van der Waals surface area contributed by atoms with Crippen molar-refractivity contribution >= 4 is 6.09 Å². The summed E-state index contributed by atoms with van der Waals surface area (Å²) < 4.78 is 7.16. The maximum Gasteiger partial charge on any atom is 0.408 e. The minimum absolute atomic E-state index is 0.207. The Morgan fingerprint density at radius 1 is 1.55 bits per heavy atom. The van der Waals surface area contributed by atoms with Crippen molar-refractivity contribution in [1.82, 2.24) is 14.9 Å². The molecule has 0 aliphatic rings. The third kappa shape index (κ3) is 4.52. The van der Waals surface area contributed by atoms with Crippen molar-refractivity contribution in [3.05, 3.63) is 18.2 Å². The summed E-state index contributed by atoms with van der Waals surface area (Å²) in [5.74, 6) is 0. The number of hydrogen-bond acceptors (Lipinski definition) is 4. The molecule has 1 aromatic heterocycles. The van der Waals surface area contributed by atoms with Crippen LogP contribution in [0.3, 0.4) is 0 Å². The van der Waals surface area contributed by atoms with Crippen molar-refractivity contribution in [2.75, 3.05) is 6.61 Å². The van der Waals surface area contributed by atoms with Gasteiger partial charge in [-0.25, -0.2) is 9.78 Å². The molecule has 2 atom stereocenters. The molecule has 0 saturated carbocycles. The number of aromatic nitrogens is 2. The molecule has 6 nitrogen and oxygen atoms in total. The van der Waals surface area contributed by atoms with Crippen LogP contribution in [0.25, 0.3) is 0 Å². The van der Waals surface area contributed by atoms with Crippen LogP contribution in [-0.4, -0.2) is 33.0 Å². The van der Waals surface area contributed by atoms with Crippen LogP contribution in [0.2, 0.25) is 0 Å². The average molecular weight is 283 g/mol. The lowest BCUT2D eigenvalue weighted by molar-refractivity contribution is 0.0478. The summed E-state index contributed by atoms with van der Waals surface area (Å²) in [6.45, 7) is 9.32. The van der Waals surface area contributed by atoms with Crippen molar-refractivity contribution in [1.29, 1.82) is 0 Å². The number of aliphatic hydroxyl groups is 1. The first kappa shape index (κ1) is 16.5. The Morgan fingerprint density at radius 3 is 2.70 bits per heavy atom. The normalized spacial score (nSPS) is 14.7. The van der Waals surface area contributed by atoms with E-state index in [1.54, 1.807) is 33.3 Å². The van der Waals surface area contributed by atoms with Gasteiger partial charge in [0.15, 0.2) is 0 Å². The van der Waals surface area contributed by atoms with Crippen LogP contribution in [0.4, 0.5) is 4.79 Å². The first-order chi connectivity index (χ1) is 9.28. The molecule has 0 aromatic carbocycles. The van der Waals surface area contributed by atoms with Gasteiger partial charge in [0.25, 0.3) is 0 Å². The van der Waals surface area contributed by atoms with Gasteiger partial charge in [0, 0.05) is 6.04 Å². The second-order valence-corrected chi connectivity index (χ2v) is 5.86. The fourth-order valence-corrected chi connectivity index (χ4v) is 1.81. The van der Waals surface area contributed by atoms with Gasteiger partial charge in [-0.15, -0.1) is 0 Å². The highest BCUT2D eigenvalue weighted by atomic mass is 16.6. The van der Waals surface area contributed by atoms with Crippen molar-refractivity contribution in [2.24, 2.45) is 0 Å². The summed E-state index contributed by atoms with van der Waals surface area (Å²) in [4.78, 5) is 15.9. The summed E-state index contributed by atoms with van der Waals surface area (Å²) in [5.41, 5.74) is 0.203. The molecule has 114 valence electrons. The largest absolute Gasteiger partial charge is 0.444 e. The Kier molecular flexibility index (Phi) is 5.56. The van der Waals surface area contributed by atoms with Gasteiger partial charge >= 0.3 is 6.09 Å². The second-order valence-electron chi connectivity index (χ2n) is 5.86. The number of imidazole rings is 1. The third-order valence-corrected chi connectivity index (χ3v) is 2.99. The molecule has 1 rings (SSSR count). The fraction of sp³-hybridized carbons (Fsp3) is 0.714. The monoisotopic (exact) mass is 283 g/mol. The Labute approximate surface area is 120 Å². The lowest BCUT2D eigenvalue weighted by atomic mass is 10.2. The number of nitrogens with one attached hydrogen (secondary N) is 1. The number of ether oxygens (including phenoxy) is 1. The van der Waals surface area contributed by atoms with Crippen LogP contribution in [0.1, 0.15) is 58.8 Å². The molecule has 0 aliphatic carbocycles. The Bertz CT molecular complexity index is 437. The molecule has 0 radical (unpaired) electrons. The van der Waals surface area contributed by atoms with Gasteiger partial charge in [0.05, 0.1) is 30.9 Å². The smallest absolute Gasteiger partial charge is 0.408 e. The van der Waals surface area contributed by atoms with Crippen LogP contribution in [-0.2, 0) is 4.74 Å². The number of aliphatic hydroxyl groups excluding tert-OH is 1. The predicted octanol–water partition coefficient (Wildman–Crippen LogP) is 2.41.